The Balaban J connectivity index is 0.00000676. The first-order chi connectivity index (χ1) is 12.6. The zero-order valence-electron chi connectivity index (χ0n) is 16.1. The molecule has 0 spiro atoms. The Morgan fingerprint density at radius 3 is 1.70 bits per heavy atom. The van der Waals surface area contributed by atoms with E-state index >= 15 is 0 Å². The molecular formula is C21H35NaO4S. The Hall–Kier alpha value is -0.360. The van der Waals surface area contributed by atoms with Crippen molar-refractivity contribution in [3.8, 4) is 5.75 Å². The molecule has 0 aliphatic heterocycles. The maximum absolute atomic E-state index is 11.9. The van der Waals surface area contributed by atoms with Crippen molar-refractivity contribution in [1.29, 1.82) is 0 Å². The Morgan fingerprint density at radius 1 is 0.778 bits per heavy atom. The molecule has 0 aliphatic rings. The topological polar surface area (TPSA) is 60.4 Å². The number of benzene rings is 1. The van der Waals surface area contributed by atoms with Gasteiger partial charge in [0.2, 0.25) is 0 Å². The van der Waals surface area contributed by atoms with Crippen LogP contribution < -0.4 is 4.18 Å². The average Bonchev–Trinajstić information content (AvgIpc) is 2.63. The number of carbonyl (C=O) groups is 1. The van der Waals surface area contributed by atoms with Gasteiger partial charge in [0.05, 0.1) is 0 Å². The Labute approximate surface area is 187 Å². The van der Waals surface area contributed by atoms with Gasteiger partial charge in [0.1, 0.15) is 5.75 Å². The van der Waals surface area contributed by atoms with E-state index in [1.807, 2.05) is 0 Å². The summed E-state index contributed by atoms with van der Waals surface area (Å²) in [6.07, 6.45) is 14.3. The van der Waals surface area contributed by atoms with Gasteiger partial charge >= 0.3 is 39.7 Å². The number of rotatable bonds is 15. The molecule has 0 saturated heterocycles. The first kappa shape index (κ1) is 26.6. The number of carbonyl (C=O) groups excluding carboxylic acids is 1. The SMILES string of the molecule is CCCCCCCCCCCCCCC(=O)S(=O)(=O)Oc1ccccc1.[NaH]. The van der Waals surface area contributed by atoms with Gasteiger partial charge in [-0.25, -0.2) is 0 Å². The fraction of sp³-hybridized carbons (Fsp3) is 0.667. The molecule has 0 saturated carbocycles. The monoisotopic (exact) mass is 406 g/mol. The number of hydrogen-bond acceptors (Lipinski definition) is 4. The summed E-state index contributed by atoms with van der Waals surface area (Å²) in [5.41, 5.74) is 0. The molecule has 0 amide bonds. The molecule has 0 atom stereocenters. The molecule has 0 unspecified atom stereocenters. The van der Waals surface area contributed by atoms with Crippen molar-refractivity contribution in [3.63, 3.8) is 0 Å². The van der Waals surface area contributed by atoms with Crippen LogP contribution in [0.5, 0.6) is 5.75 Å². The molecule has 27 heavy (non-hydrogen) atoms. The summed E-state index contributed by atoms with van der Waals surface area (Å²) in [4.78, 5) is 11.8. The zero-order valence-corrected chi connectivity index (χ0v) is 16.9. The van der Waals surface area contributed by atoms with Crippen LogP contribution in [-0.4, -0.2) is 43.1 Å². The summed E-state index contributed by atoms with van der Waals surface area (Å²) in [5, 5.41) is -0.826. The molecule has 0 fully saturated rings. The molecule has 0 aliphatic carbocycles. The first-order valence-electron chi connectivity index (χ1n) is 10.1. The molecule has 0 heterocycles. The van der Waals surface area contributed by atoms with Crippen LogP contribution in [0.25, 0.3) is 0 Å². The van der Waals surface area contributed by atoms with E-state index in [4.69, 9.17) is 4.18 Å². The second-order valence-corrected chi connectivity index (χ2v) is 8.39. The standard InChI is InChI=1S/C21H34O4S.Na.H/c1-2-3-4-5-6-7-8-9-10-11-12-16-19-21(22)26(23,24)25-20-17-14-13-15-18-20;;/h13-15,17-18H,2-12,16,19H2,1H3;;. The van der Waals surface area contributed by atoms with E-state index < -0.39 is 15.2 Å². The summed E-state index contributed by atoms with van der Waals surface area (Å²) >= 11 is 0. The molecular weight excluding hydrogens is 371 g/mol. The van der Waals surface area contributed by atoms with Crippen molar-refractivity contribution in [3.05, 3.63) is 30.3 Å². The third-order valence-corrected chi connectivity index (χ3v) is 5.64. The molecule has 4 nitrogen and oxygen atoms in total. The van der Waals surface area contributed by atoms with Crippen LogP contribution in [0.3, 0.4) is 0 Å². The van der Waals surface area contributed by atoms with Gasteiger partial charge in [0.15, 0.2) is 0 Å². The van der Waals surface area contributed by atoms with Crippen LogP contribution in [0.1, 0.15) is 90.4 Å². The minimum atomic E-state index is -4.17. The van der Waals surface area contributed by atoms with Crippen LogP contribution in [0.4, 0.5) is 0 Å². The molecule has 1 aromatic carbocycles. The summed E-state index contributed by atoms with van der Waals surface area (Å²) in [6, 6.07) is 8.14. The number of unbranched alkanes of at least 4 members (excludes halogenated alkanes) is 11. The van der Waals surface area contributed by atoms with E-state index in [-0.39, 0.29) is 41.7 Å². The first-order valence-corrected chi connectivity index (χ1v) is 11.5. The number of para-hydroxylation sites is 1. The molecule has 0 aromatic heterocycles. The summed E-state index contributed by atoms with van der Waals surface area (Å²) in [5.74, 6) is 0.176. The zero-order chi connectivity index (χ0) is 19.1. The summed E-state index contributed by atoms with van der Waals surface area (Å²) < 4.78 is 28.6. The molecule has 6 heteroatoms. The van der Waals surface area contributed by atoms with Crippen molar-refractivity contribution >= 4 is 44.8 Å². The fourth-order valence-electron chi connectivity index (χ4n) is 2.88. The molecule has 1 rings (SSSR count). The predicted octanol–water partition coefficient (Wildman–Crippen LogP) is 5.36. The summed E-state index contributed by atoms with van der Waals surface area (Å²) in [6.45, 7) is 2.24. The van der Waals surface area contributed by atoms with Gasteiger partial charge in [0, 0.05) is 6.42 Å². The second kappa shape index (κ2) is 16.6. The van der Waals surface area contributed by atoms with Gasteiger partial charge in [-0.15, -0.1) is 0 Å². The van der Waals surface area contributed by atoms with Crippen molar-refractivity contribution in [1.82, 2.24) is 0 Å². The van der Waals surface area contributed by atoms with Crippen LogP contribution in [0.2, 0.25) is 0 Å². The molecule has 1 aromatic rings. The third kappa shape index (κ3) is 13.4. The average molecular weight is 407 g/mol. The summed E-state index contributed by atoms with van der Waals surface area (Å²) in [7, 11) is -4.17. The molecule has 0 N–H and O–H groups in total. The molecule has 0 bridgehead atoms. The third-order valence-electron chi connectivity index (χ3n) is 4.46. The quantitative estimate of drug-likeness (QED) is 0.223. The van der Waals surface area contributed by atoms with Gasteiger partial charge in [-0.05, 0) is 18.6 Å². The van der Waals surface area contributed by atoms with Crippen LogP contribution in [-0.2, 0) is 14.9 Å². The van der Waals surface area contributed by atoms with Crippen molar-refractivity contribution < 1.29 is 17.4 Å². The Kier molecular flexibility index (Phi) is 16.4. The van der Waals surface area contributed by atoms with Crippen molar-refractivity contribution in [2.45, 2.75) is 90.4 Å². The van der Waals surface area contributed by atoms with Gasteiger partial charge < -0.3 is 4.18 Å². The van der Waals surface area contributed by atoms with Crippen molar-refractivity contribution in [2.24, 2.45) is 0 Å². The fourth-order valence-corrected chi connectivity index (χ4v) is 3.74. The van der Waals surface area contributed by atoms with Gasteiger partial charge in [-0.3, -0.25) is 4.79 Å². The normalized spacial score (nSPS) is 11.0. The van der Waals surface area contributed by atoms with Crippen molar-refractivity contribution in [2.75, 3.05) is 0 Å². The minimum absolute atomic E-state index is 0. The van der Waals surface area contributed by atoms with Crippen LogP contribution >= 0.6 is 0 Å². The van der Waals surface area contributed by atoms with Gasteiger partial charge in [-0.1, -0.05) is 95.8 Å². The van der Waals surface area contributed by atoms with Gasteiger partial charge in [0.25, 0.3) is 5.12 Å². The van der Waals surface area contributed by atoms with Gasteiger partial charge in [-0.2, -0.15) is 8.42 Å². The Bertz CT molecular complexity index is 587. The number of hydrogen-bond donors (Lipinski definition) is 0. The predicted molar refractivity (Wildman–Crippen MR) is 114 cm³/mol. The van der Waals surface area contributed by atoms with E-state index in [9.17, 15) is 13.2 Å². The second-order valence-electron chi connectivity index (χ2n) is 6.86. The van der Waals surface area contributed by atoms with E-state index in [1.54, 1.807) is 18.2 Å². The molecule has 150 valence electrons. The van der Waals surface area contributed by atoms with E-state index in [1.165, 1.54) is 63.5 Å². The Morgan fingerprint density at radius 2 is 1.22 bits per heavy atom. The van der Waals surface area contributed by atoms with E-state index in [0.29, 0.717) is 6.42 Å². The van der Waals surface area contributed by atoms with E-state index in [0.717, 1.165) is 19.3 Å². The van der Waals surface area contributed by atoms with Crippen LogP contribution in [0.15, 0.2) is 30.3 Å². The van der Waals surface area contributed by atoms with Crippen LogP contribution in [0, 0.1) is 0 Å². The maximum atomic E-state index is 11.9. The molecule has 0 radical (unpaired) electrons. The van der Waals surface area contributed by atoms with E-state index in [2.05, 4.69) is 6.92 Å².